The van der Waals surface area contributed by atoms with Crippen molar-refractivity contribution in [3.8, 4) is 0 Å². The number of fused-ring (bicyclic) bond motifs is 1. The summed E-state index contributed by atoms with van der Waals surface area (Å²) in [7, 11) is 1.62. The lowest BCUT2D eigenvalue weighted by molar-refractivity contribution is 0.0699. The molecule has 0 fully saturated rings. The van der Waals surface area contributed by atoms with E-state index in [2.05, 4.69) is 0 Å². The number of aryl methyl sites for hydroxylation is 1. The fourth-order valence-electron chi connectivity index (χ4n) is 1.59. The first-order chi connectivity index (χ1) is 7.11. The van der Waals surface area contributed by atoms with Crippen LogP contribution in [0.25, 0.3) is 10.9 Å². The molecule has 0 spiro atoms. The van der Waals surface area contributed by atoms with Gasteiger partial charge in [0.2, 0.25) is 0 Å². The van der Waals surface area contributed by atoms with E-state index in [-0.39, 0.29) is 11.1 Å². The summed E-state index contributed by atoms with van der Waals surface area (Å²) < 4.78 is 1.43. The largest absolute Gasteiger partial charge is 0.478 e. The van der Waals surface area contributed by atoms with Crippen molar-refractivity contribution in [1.82, 2.24) is 4.57 Å². The first-order valence-electron chi connectivity index (χ1n) is 4.43. The van der Waals surface area contributed by atoms with Crippen molar-refractivity contribution >= 4 is 16.9 Å². The van der Waals surface area contributed by atoms with Crippen molar-refractivity contribution in [3.05, 3.63) is 46.2 Å². The fraction of sp³-hybridized carbons (Fsp3) is 0.0909. The third-order valence-corrected chi connectivity index (χ3v) is 2.40. The van der Waals surface area contributed by atoms with Crippen LogP contribution in [-0.2, 0) is 7.05 Å². The Bertz CT molecular complexity index is 598. The van der Waals surface area contributed by atoms with E-state index in [4.69, 9.17) is 5.11 Å². The molecule has 1 N–H and O–H groups in total. The van der Waals surface area contributed by atoms with Crippen LogP contribution >= 0.6 is 0 Å². The summed E-state index contributed by atoms with van der Waals surface area (Å²) >= 11 is 0. The van der Waals surface area contributed by atoms with Gasteiger partial charge in [-0.25, -0.2) is 4.79 Å². The van der Waals surface area contributed by atoms with Crippen LogP contribution in [-0.4, -0.2) is 15.6 Å². The maximum atomic E-state index is 11.3. The first kappa shape index (κ1) is 9.45. The van der Waals surface area contributed by atoms with Crippen LogP contribution < -0.4 is 5.56 Å². The lowest BCUT2D eigenvalue weighted by atomic mass is 10.1. The van der Waals surface area contributed by atoms with Gasteiger partial charge in [-0.05, 0) is 18.2 Å². The van der Waals surface area contributed by atoms with Crippen LogP contribution in [0.2, 0.25) is 0 Å². The number of benzene rings is 1. The molecule has 0 atom stereocenters. The minimum atomic E-state index is -0.987. The van der Waals surface area contributed by atoms with Gasteiger partial charge in [-0.1, -0.05) is 6.07 Å². The highest BCUT2D eigenvalue weighted by Gasteiger charge is 2.09. The quantitative estimate of drug-likeness (QED) is 0.758. The molecule has 0 saturated carbocycles. The summed E-state index contributed by atoms with van der Waals surface area (Å²) in [4.78, 5) is 22.3. The minimum absolute atomic E-state index is 0.148. The number of hydrogen-bond acceptors (Lipinski definition) is 2. The van der Waals surface area contributed by atoms with Gasteiger partial charge < -0.3 is 9.67 Å². The third kappa shape index (κ3) is 1.40. The van der Waals surface area contributed by atoms with E-state index in [1.807, 2.05) is 0 Å². The number of aromatic nitrogens is 1. The van der Waals surface area contributed by atoms with E-state index < -0.39 is 5.97 Å². The van der Waals surface area contributed by atoms with Gasteiger partial charge in [-0.15, -0.1) is 0 Å². The fourth-order valence-corrected chi connectivity index (χ4v) is 1.59. The average Bonchev–Trinajstić information content (AvgIpc) is 2.23. The first-order valence-corrected chi connectivity index (χ1v) is 4.43. The van der Waals surface area contributed by atoms with Crippen LogP contribution in [0.3, 0.4) is 0 Å². The third-order valence-electron chi connectivity index (χ3n) is 2.40. The second-order valence-electron chi connectivity index (χ2n) is 3.27. The monoisotopic (exact) mass is 203 g/mol. The van der Waals surface area contributed by atoms with Gasteiger partial charge >= 0.3 is 5.97 Å². The van der Waals surface area contributed by atoms with Crippen molar-refractivity contribution in [3.63, 3.8) is 0 Å². The molecule has 1 aromatic heterocycles. The standard InChI is InChI=1S/C11H9NO3/c1-12-9-4-2-3-8(11(14)15)7(9)5-6-10(12)13/h2-6H,1H3,(H,14,15). The zero-order valence-corrected chi connectivity index (χ0v) is 8.10. The molecule has 1 heterocycles. The highest BCUT2D eigenvalue weighted by atomic mass is 16.4. The number of rotatable bonds is 1. The number of hydrogen-bond donors (Lipinski definition) is 1. The van der Waals surface area contributed by atoms with Gasteiger partial charge in [0.15, 0.2) is 0 Å². The lowest BCUT2D eigenvalue weighted by Gasteiger charge is -2.05. The van der Waals surface area contributed by atoms with E-state index in [0.717, 1.165) is 0 Å². The van der Waals surface area contributed by atoms with Crippen LogP contribution in [0.5, 0.6) is 0 Å². The van der Waals surface area contributed by atoms with Gasteiger partial charge in [-0.3, -0.25) is 4.79 Å². The van der Waals surface area contributed by atoms with E-state index in [1.54, 1.807) is 25.2 Å². The summed E-state index contributed by atoms with van der Waals surface area (Å²) in [5.74, 6) is -0.987. The van der Waals surface area contributed by atoms with Crippen molar-refractivity contribution in [2.24, 2.45) is 7.05 Å². The van der Waals surface area contributed by atoms with Crippen molar-refractivity contribution in [1.29, 1.82) is 0 Å². The predicted octanol–water partition coefficient (Wildman–Crippen LogP) is 1.24. The Labute approximate surface area is 85.4 Å². The van der Waals surface area contributed by atoms with E-state index in [1.165, 1.54) is 16.7 Å². The number of carboxylic acid groups (broad SMARTS) is 1. The van der Waals surface area contributed by atoms with Crippen LogP contribution in [0.15, 0.2) is 35.1 Å². The molecular weight excluding hydrogens is 194 g/mol. The Morgan fingerprint density at radius 3 is 2.67 bits per heavy atom. The van der Waals surface area contributed by atoms with E-state index in [0.29, 0.717) is 10.9 Å². The molecule has 0 aliphatic carbocycles. The molecule has 0 saturated heterocycles. The molecule has 15 heavy (non-hydrogen) atoms. The highest BCUT2D eigenvalue weighted by Crippen LogP contribution is 2.16. The summed E-state index contributed by atoms with van der Waals surface area (Å²) in [5, 5.41) is 9.53. The lowest BCUT2D eigenvalue weighted by Crippen LogP contribution is -2.15. The molecule has 0 unspecified atom stereocenters. The smallest absolute Gasteiger partial charge is 0.336 e. The molecule has 2 aromatic rings. The van der Waals surface area contributed by atoms with Gasteiger partial charge in [0.1, 0.15) is 0 Å². The zero-order chi connectivity index (χ0) is 11.0. The molecule has 2 rings (SSSR count). The molecule has 0 radical (unpaired) electrons. The Morgan fingerprint density at radius 1 is 1.27 bits per heavy atom. The van der Waals surface area contributed by atoms with Gasteiger partial charge in [0.05, 0.1) is 11.1 Å². The second kappa shape index (κ2) is 3.24. The molecule has 76 valence electrons. The van der Waals surface area contributed by atoms with E-state index in [9.17, 15) is 9.59 Å². The SMILES string of the molecule is Cn1c(=O)ccc2c(C(=O)O)cccc21. The Balaban J connectivity index is 2.96. The summed E-state index contributed by atoms with van der Waals surface area (Å²) in [6, 6.07) is 7.79. The average molecular weight is 203 g/mol. The van der Waals surface area contributed by atoms with Gasteiger partial charge in [-0.2, -0.15) is 0 Å². The minimum Gasteiger partial charge on any atom is -0.478 e. The zero-order valence-electron chi connectivity index (χ0n) is 8.10. The molecule has 4 heteroatoms. The van der Waals surface area contributed by atoms with Crippen molar-refractivity contribution in [2.75, 3.05) is 0 Å². The highest BCUT2D eigenvalue weighted by molar-refractivity contribution is 6.02. The number of carbonyl (C=O) groups is 1. The van der Waals surface area contributed by atoms with Gasteiger partial charge in [0.25, 0.3) is 5.56 Å². The molecular formula is C11H9NO3. The Hall–Kier alpha value is -2.10. The summed E-state index contributed by atoms with van der Waals surface area (Å²) in [6.07, 6.45) is 0. The second-order valence-corrected chi connectivity index (χ2v) is 3.27. The summed E-state index contributed by atoms with van der Waals surface area (Å²) in [5.41, 5.74) is 0.690. The number of carboxylic acids is 1. The Kier molecular flexibility index (Phi) is 2.04. The van der Waals surface area contributed by atoms with Crippen LogP contribution in [0.1, 0.15) is 10.4 Å². The summed E-state index contributed by atoms with van der Waals surface area (Å²) in [6.45, 7) is 0. The number of pyridine rings is 1. The van der Waals surface area contributed by atoms with Crippen molar-refractivity contribution in [2.45, 2.75) is 0 Å². The number of nitrogens with zero attached hydrogens (tertiary/aromatic N) is 1. The Morgan fingerprint density at radius 2 is 2.00 bits per heavy atom. The topological polar surface area (TPSA) is 59.3 Å². The molecule has 0 aliphatic rings. The molecule has 0 amide bonds. The normalized spacial score (nSPS) is 10.5. The van der Waals surface area contributed by atoms with Gasteiger partial charge in [0, 0.05) is 18.5 Å². The number of aromatic carboxylic acids is 1. The van der Waals surface area contributed by atoms with Crippen molar-refractivity contribution < 1.29 is 9.90 Å². The predicted molar refractivity (Wildman–Crippen MR) is 56.1 cm³/mol. The molecule has 1 aromatic carbocycles. The molecule has 0 aliphatic heterocycles. The maximum absolute atomic E-state index is 11.3. The van der Waals surface area contributed by atoms with E-state index >= 15 is 0 Å². The maximum Gasteiger partial charge on any atom is 0.336 e. The van der Waals surface area contributed by atoms with Crippen LogP contribution in [0.4, 0.5) is 0 Å². The molecule has 4 nitrogen and oxygen atoms in total. The molecule has 0 bridgehead atoms. The van der Waals surface area contributed by atoms with Crippen LogP contribution in [0, 0.1) is 0 Å².